The van der Waals surface area contributed by atoms with Gasteiger partial charge in [-0.3, -0.25) is 9.59 Å². The maximum Gasteiger partial charge on any atom is 0.253 e. The quantitative estimate of drug-likeness (QED) is 0.794. The highest BCUT2D eigenvalue weighted by atomic mass is 16.2. The Kier molecular flexibility index (Phi) is 4.99. The van der Waals surface area contributed by atoms with Crippen molar-refractivity contribution >= 4 is 17.6 Å². The number of amides is 2. The molecule has 3 N–H and O–H groups in total. The summed E-state index contributed by atoms with van der Waals surface area (Å²) < 4.78 is 0. The molecule has 1 aliphatic heterocycles. The molecule has 2 heterocycles. The lowest BCUT2D eigenvalue weighted by atomic mass is 9.93. The van der Waals surface area contributed by atoms with E-state index < -0.39 is 0 Å². The summed E-state index contributed by atoms with van der Waals surface area (Å²) in [4.78, 5) is 29.6. The van der Waals surface area contributed by atoms with Gasteiger partial charge in [0, 0.05) is 18.8 Å². The molecule has 0 spiro atoms. The number of hydrogen-bond acceptors (Lipinski definition) is 4. The van der Waals surface area contributed by atoms with E-state index in [1.807, 2.05) is 0 Å². The van der Waals surface area contributed by atoms with Gasteiger partial charge in [-0.25, -0.2) is 4.98 Å². The second-order valence-electron chi connectivity index (χ2n) is 5.47. The third-order valence-corrected chi connectivity index (χ3v) is 3.94. The third kappa shape index (κ3) is 3.55. The Bertz CT molecular complexity index is 591. The van der Waals surface area contributed by atoms with Crippen molar-refractivity contribution in [3.8, 4) is 12.3 Å². The normalized spacial score (nSPS) is 21.0. The van der Waals surface area contributed by atoms with Crippen LogP contribution < -0.4 is 16.0 Å². The van der Waals surface area contributed by atoms with Gasteiger partial charge in [0.1, 0.15) is 5.82 Å². The first-order valence-electron chi connectivity index (χ1n) is 7.26. The number of primary amides is 1. The van der Waals surface area contributed by atoms with E-state index in [4.69, 9.17) is 12.2 Å². The zero-order valence-electron chi connectivity index (χ0n) is 12.6. The van der Waals surface area contributed by atoms with Crippen LogP contribution in [0.3, 0.4) is 0 Å². The number of aromatic nitrogens is 1. The van der Waals surface area contributed by atoms with Crippen LogP contribution in [0.1, 0.15) is 30.1 Å². The molecule has 2 atom stereocenters. The van der Waals surface area contributed by atoms with Crippen LogP contribution in [0.15, 0.2) is 18.3 Å². The number of piperidine rings is 1. The molecule has 0 aromatic carbocycles. The molecule has 0 saturated carbocycles. The Morgan fingerprint density at radius 2 is 2.27 bits per heavy atom. The number of nitrogens with two attached hydrogens (primary N) is 1. The van der Waals surface area contributed by atoms with Crippen LogP contribution in [0, 0.1) is 18.3 Å². The number of carbonyl (C=O) groups is 2. The second kappa shape index (κ2) is 6.94. The number of anilines is 1. The lowest BCUT2D eigenvalue weighted by Crippen LogP contribution is -2.46. The molecule has 2 rings (SSSR count). The average Bonchev–Trinajstić information content (AvgIpc) is 2.53. The summed E-state index contributed by atoms with van der Waals surface area (Å²) in [5, 5.41) is 2.59. The molecule has 0 unspecified atom stereocenters. The molecule has 0 aliphatic carbocycles. The van der Waals surface area contributed by atoms with Gasteiger partial charge in [0.15, 0.2) is 0 Å². The smallest absolute Gasteiger partial charge is 0.253 e. The standard InChI is InChI=1S/C16H20N4O2/c1-3-8-18-16(22)12-6-7-14(19-9-12)20-10-13(15(17)21)5-4-11(20)2/h1,6-7,9,11,13H,4-5,8,10H2,2H3,(H2,17,21)(H,18,22)/t11-,13+/m1/s1. The zero-order valence-corrected chi connectivity index (χ0v) is 12.6. The summed E-state index contributed by atoms with van der Waals surface area (Å²) in [6.07, 6.45) is 8.31. The summed E-state index contributed by atoms with van der Waals surface area (Å²) in [6, 6.07) is 3.77. The molecular formula is C16H20N4O2. The average molecular weight is 300 g/mol. The Balaban J connectivity index is 2.10. The van der Waals surface area contributed by atoms with Crippen LogP contribution in [0.5, 0.6) is 0 Å². The maximum absolute atomic E-state index is 11.8. The fourth-order valence-electron chi connectivity index (χ4n) is 2.58. The van der Waals surface area contributed by atoms with Gasteiger partial charge in [-0.15, -0.1) is 6.42 Å². The highest BCUT2D eigenvalue weighted by Crippen LogP contribution is 2.26. The molecule has 6 nitrogen and oxygen atoms in total. The van der Waals surface area contributed by atoms with Gasteiger partial charge in [-0.05, 0) is 31.9 Å². The maximum atomic E-state index is 11.8. The molecule has 1 saturated heterocycles. The van der Waals surface area contributed by atoms with Gasteiger partial charge in [0.05, 0.1) is 18.0 Å². The van der Waals surface area contributed by atoms with Gasteiger partial charge in [0.2, 0.25) is 5.91 Å². The lowest BCUT2D eigenvalue weighted by Gasteiger charge is -2.37. The summed E-state index contributed by atoms with van der Waals surface area (Å²) in [7, 11) is 0. The van der Waals surface area contributed by atoms with E-state index in [0.29, 0.717) is 12.1 Å². The molecule has 6 heteroatoms. The molecule has 1 fully saturated rings. The molecule has 116 valence electrons. The molecule has 0 bridgehead atoms. The van der Waals surface area contributed by atoms with Gasteiger partial charge in [0.25, 0.3) is 5.91 Å². The Hall–Kier alpha value is -2.55. The topological polar surface area (TPSA) is 88.3 Å². The number of pyridine rings is 1. The minimum absolute atomic E-state index is 0.156. The first-order valence-corrected chi connectivity index (χ1v) is 7.26. The fourth-order valence-corrected chi connectivity index (χ4v) is 2.58. The van der Waals surface area contributed by atoms with Gasteiger partial charge >= 0.3 is 0 Å². The summed E-state index contributed by atoms with van der Waals surface area (Å²) in [5.41, 5.74) is 5.86. The van der Waals surface area contributed by atoms with E-state index in [0.717, 1.165) is 18.7 Å². The van der Waals surface area contributed by atoms with Gasteiger partial charge in [-0.2, -0.15) is 0 Å². The van der Waals surface area contributed by atoms with E-state index >= 15 is 0 Å². The molecule has 1 aromatic heterocycles. The first-order chi connectivity index (χ1) is 10.5. The number of terminal acetylenes is 1. The van der Waals surface area contributed by atoms with Crippen molar-refractivity contribution in [2.24, 2.45) is 11.7 Å². The Morgan fingerprint density at radius 1 is 1.50 bits per heavy atom. The lowest BCUT2D eigenvalue weighted by molar-refractivity contribution is -0.122. The van der Waals surface area contributed by atoms with E-state index in [1.165, 1.54) is 6.20 Å². The molecule has 22 heavy (non-hydrogen) atoms. The van der Waals surface area contributed by atoms with Gasteiger partial charge < -0.3 is 16.0 Å². The molecule has 1 aromatic rings. The predicted octanol–water partition coefficient (Wildman–Crippen LogP) is 0.535. The summed E-state index contributed by atoms with van der Waals surface area (Å²) >= 11 is 0. The van der Waals surface area contributed by atoms with Crippen LogP contribution in [0.2, 0.25) is 0 Å². The van der Waals surface area contributed by atoms with Crippen LogP contribution in [-0.4, -0.2) is 35.9 Å². The van der Waals surface area contributed by atoms with Crippen LogP contribution >= 0.6 is 0 Å². The third-order valence-electron chi connectivity index (χ3n) is 3.94. The van der Waals surface area contributed by atoms with Crippen molar-refractivity contribution < 1.29 is 9.59 Å². The number of carbonyl (C=O) groups excluding carboxylic acids is 2. The van der Waals surface area contributed by atoms with E-state index in [2.05, 4.69) is 28.0 Å². The predicted molar refractivity (Wildman–Crippen MR) is 84.1 cm³/mol. The highest BCUT2D eigenvalue weighted by Gasteiger charge is 2.29. The molecule has 0 radical (unpaired) electrons. The van der Waals surface area contributed by atoms with Crippen LogP contribution in [0.25, 0.3) is 0 Å². The number of nitrogens with zero attached hydrogens (tertiary/aromatic N) is 2. The minimum atomic E-state index is -0.276. The van der Waals surface area contributed by atoms with Crippen molar-refractivity contribution in [3.05, 3.63) is 23.9 Å². The van der Waals surface area contributed by atoms with Crippen molar-refractivity contribution in [3.63, 3.8) is 0 Å². The van der Waals surface area contributed by atoms with Crippen LogP contribution in [0.4, 0.5) is 5.82 Å². The van der Waals surface area contributed by atoms with Crippen molar-refractivity contribution in [1.82, 2.24) is 10.3 Å². The monoisotopic (exact) mass is 300 g/mol. The van der Waals surface area contributed by atoms with Crippen molar-refractivity contribution in [2.75, 3.05) is 18.0 Å². The number of hydrogen-bond donors (Lipinski definition) is 2. The summed E-state index contributed by atoms with van der Waals surface area (Å²) in [6.45, 7) is 2.84. The molecule has 1 aliphatic rings. The van der Waals surface area contributed by atoms with E-state index in [1.54, 1.807) is 12.1 Å². The molecule has 2 amide bonds. The second-order valence-corrected chi connectivity index (χ2v) is 5.47. The highest BCUT2D eigenvalue weighted by molar-refractivity contribution is 5.94. The summed E-state index contributed by atoms with van der Waals surface area (Å²) in [5.74, 6) is 2.41. The van der Waals surface area contributed by atoms with Crippen LogP contribution in [-0.2, 0) is 4.79 Å². The van der Waals surface area contributed by atoms with E-state index in [9.17, 15) is 9.59 Å². The number of nitrogens with one attached hydrogen (secondary N) is 1. The first kappa shape index (κ1) is 15.8. The zero-order chi connectivity index (χ0) is 16.1. The van der Waals surface area contributed by atoms with Crippen molar-refractivity contribution in [1.29, 1.82) is 0 Å². The largest absolute Gasteiger partial charge is 0.369 e. The van der Waals surface area contributed by atoms with Crippen molar-refractivity contribution in [2.45, 2.75) is 25.8 Å². The van der Waals surface area contributed by atoms with Gasteiger partial charge in [-0.1, -0.05) is 5.92 Å². The SMILES string of the molecule is C#CCNC(=O)c1ccc(N2C[C@@H](C(N)=O)CC[C@H]2C)nc1. The van der Waals surface area contributed by atoms with E-state index in [-0.39, 0.29) is 30.3 Å². The Labute approximate surface area is 130 Å². The Morgan fingerprint density at radius 3 is 2.86 bits per heavy atom. The minimum Gasteiger partial charge on any atom is -0.369 e. The fraction of sp³-hybridized carbons (Fsp3) is 0.438. The number of rotatable bonds is 4. The molecular weight excluding hydrogens is 280 g/mol.